The molecule has 6 rings (SSSR count). The highest BCUT2D eigenvalue weighted by Crippen LogP contribution is 2.32. The Morgan fingerprint density at radius 3 is 1.34 bits per heavy atom. The Kier molecular flexibility index (Phi) is 18.7. The van der Waals surface area contributed by atoms with Gasteiger partial charge in [-0.2, -0.15) is 0 Å². The summed E-state index contributed by atoms with van der Waals surface area (Å²) >= 11 is 0. The van der Waals surface area contributed by atoms with Crippen molar-refractivity contribution in [2.45, 2.75) is 114 Å². The summed E-state index contributed by atoms with van der Waals surface area (Å²) in [6.45, 7) is 0. The van der Waals surface area contributed by atoms with E-state index < -0.39 is 50.5 Å². The molecular weight excluding hydrogens is 776 g/mol. The van der Waals surface area contributed by atoms with E-state index in [9.17, 15) is 55.2 Å². The monoisotopic (exact) mass is 829 g/mol. The zero-order valence-electron chi connectivity index (χ0n) is 32.4. The van der Waals surface area contributed by atoms with Gasteiger partial charge in [-0.1, -0.05) is 76.0 Å². The minimum Gasteiger partial charge on any atom is -0.561 e. The van der Waals surface area contributed by atoms with E-state index in [0.717, 1.165) is 87.5 Å². The lowest BCUT2D eigenvalue weighted by Crippen LogP contribution is -2.38. The largest absolute Gasteiger partial charge is 0.561 e. The number of anilines is 1. The maximum Gasteiger partial charge on any atom is 0.553 e. The molecule has 3 fully saturated rings. The molecular formula is C39H53N6O14+. The summed E-state index contributed by atoms with van der Waals surface area (Å²) in [6, 6.07) is 11.6. The van der Waals surface area contributed by atoms with Gasteiger partial charge in [-0.15, -0.1) is 0 Å². The zero-order chi connectivity index (χ0) is 43.6. The highest BCUT2D eigenvalue weighted by Gasteiger charge is 2.30. The molecule has 0 radical (unpaired) electrons. The van der Waals surface area contributed by atoms with Crippen molar-refractivity contribution < 1.29 is 60.3 Å². The third kappa shape index (κ3) is 13.5. The van der Waals surface area contributed by atoms with Gasteiger partial charge in [0.25, 0.3) is 11.8 Å². The van der Waals surface area contributed by atoms with E-state index in [-0.39, 0.29) is 40.2 Å². The number of amides is 2. The van der Waals surface area contributed by atoms with Crippen molar-refractivity contribution in [3.63, 3.8) is 0 Å². The molecule has 3 aromatic carbocycles. The number of rotatable bonds is 8. The van der Waals surface area contributed by atoms with Gasteiger partial charge in [0, 0.05) is 23.0 Å². The van der Waals surface area contributed by atoms with E-state index in [2.05, 4.69) is 5.48 Å². The number of nitrogens with zero attached hydrogens (tertiary/aromatic N) is 4. The molecule has 3 aliphatic rings. The molecule has 3 saturated carbocycles. The lowest BCUT2D eigenvalue weighted by molar-refractivity contribution is -0.386. The standard InChI is InChI=1S/C13H16N2O5.C13H18N2O3.C7H5NO5.C6H13NO/c16-12-10(7-4-8-11(12)15(19)20)13(17)14(18)9-5-2-1-3-6-9;14-11-8-4-7-10(12(11)16)13(17)15(18)9-5-2-1-3-6-9;9-6-4(7(10)11)2-1-3-5(6)8(12)13;8-7-6-4-2-1-3-5-6/h4,7-9,16,18H,1-3,5-6H2;4,7-9,16,18H,1-3,5-6,14H2;1-3,9H,(H,10,11);6-8H,1-5H2/p+1. The number of hydroxylamine groups is 5. The Balaban J connectivity index is 0.000000220. The van der Waals surface area contributed by atoms with Crippen LogP contribution in [-0.2, 0) is 0 Å². The van der Waals surface area contributed by atoms with Crippen molar-refractivity contribution in [2.24, 2.45) is 0 Å². The van der Waals surface area contributed by atoms with Gasteiger partial charge in [0.15, 0.2) is 11.3 Å². The molecule has 3 aliphatic carbocycles. The van der Waals surface area contributed by atoms with Crippen LogP contribution >= 0.6 is 0 Å². The highest BCUT2D eigenvalue weighted by molar-refractivity contribution is 5.98. The van der Waals surface area contributed by atoms with Crippen LogP contribution in [0.3, 0.4) is 0 Å². The molecule has 0 saturated heterocycles. The maximum atomic E-state index is 12.1. The smallest absolute Gasteiger partial charge is 0.553 e. The van der Waals surface area contributed by atoms with E-state index >= 15 is 0 Å². The molecule has 0 heterocycles. The SMILES string of the molecule is Nc1cccc(C(=O)N(O)C2CCCCC2)c1O.O=C([OH2+])c1cccc([N+](=O)[O-])c1O.O=C(c1cccc([N+](=O)[O-])c1O)N(O)C1CCCCC1.ONC1CCCCC1. The predicted molar refractivity (Wildman–Crippen MR) is 211 cm³/mol. The Morgan fingerprint density at radius 2 is 0.966 bits per heavy atom. The highest BCUT2D eigenvalue weighted by atomic mass is 16.6. The van der Waals surface area contributed by atoms with Gasteiger partial charge in [0.2, 0.25) is 11.5 Å². The van der Waals surface area contributed by atoms with E-state index in [1.807, 2.05) is 0 Å². The minimum absolute atomic E-state index is 0.0445. The fourth-order valence-electron chi connectivity index (χ4n) is 6.91. The molecule has 0 unspecified atom stereocenters. The summed E-state index contributed by atoms with van der Waals surface area (Å²) in [5, 5.41) is 86.0. The number of phenols is 3. The van der Waals surface area contributed by atoms with Gasteiger partial charge in [0.1, 0.15) is 0 Å². The molecule has 0 aliphatic heterocycles. The van der Waals surface area contributed by atoms with Gasteiger partial charge in [0.05, 0.1) is 38.7 Å². The molecule has 0 atom stereocenters. The number of nitro groups is 2. The molecule has 2 amide bonds. The number of nitro benzene ring substituents is 2. The summed E-state index contributed by atoms with van der Waals surface area (Å²) in [6.07, 6.45) is 15.3. The van der Waals surface area contributed by atoms with Crippen molar-refractivity contribution >= 4 is 34.8 Å². The number of nitrogens with two attached hydrogens (primary N) is 1. The first-order valence-corrected chi connectivity index (χ1v) is 19.3. The van der Waals surface area contributed by atoms with Crippen LogP contribution in [0.2, 0.25) is 0 Å². The van der Waals surface area contributed by atoms with Crippen LogP contribution in [0.5, 0.6) is 17.2 Å². The van der Waals surface area contributed by atoms with Crippen LogP contribution in [0.1, 0.15) is 127 Å². The van der Waals surface area contributed by atoms with Gasteiger partial charge < -0.3 is 31.4 Å². The summed E-state index contributed by atoms with van der Waals surface area (Å²) in [4.78, 5) is 54.1. The first-order chi connectivity index (χ1) is 28.1. The average Bonchev–Trinajstić information content (AvgIpc) is 3.25. The fraction of sp³-hybridized carbons (Fsp3) is 0.462. The topological polar surface area (TPSA) is 326 Å². The van der Waals surface area contributed by atoms with Crippen molar-refractivity contribution in [1.82, 2.24) is 15.6 Å². The average molecular weight is 830 g/mol. The normalized spacial score (nSPS) is 15.7. The molecule has 0 aromatic heterocycles. The number of carbonyl (C=O) groups excluding carboxylic acids is 3. The van der Waals surface area contributed by atoms with Crippen LogP contribution < -0.4 is 11.2 Å². The Bertz CT molecular complexity index is 1860. The van der Waals surface area contributed by atoms with Gasteiger partial charge in [-0.05, 0) is 62.8 Å². The number of hydrogen-bond donors (Lipinski definition) is 8. The second kappa shape index (κ2) is 23.3. The third-order valence-corrected chi connectivity index (χ3v) is 10.2. The summed E-state index contributed by atoms with van der Waals surface area (Å²) in [5.41, 5.74) is 6.28. The molecule has 0 bridgehead atoms. The Morgan fingerprint density at radius 1 is 0.610 bits per heavy atom. The quantitative estimate of drug-likeness (QED) is 0.0319. The molecule has 322 valence electrons. The molecule has 11 N–H and O–H groups in total. The fourth-order valence-corrected chi connectivity index (χ4v) is 6.91. The van der Waals surface area contributed by atoms with Crippen molar-refractivity contribution in [2.75, 3.05) is 5.73 Å². The van der Waals surface area contributed by atoms with Crippen LogP contribution in [0.15, 0.2) is 54.6 Å². The Hall–Kier alpha value is -6.09. The van der Waals surface area contributed by atoms with Gasteiger partial charge in [-0.3, -0.25) is 40.2 Å². The van der Waals surface area contributed by atoms with E-state index in [1.54, 1.807) is 6.07 Å². The van der Waals surface area contributed by atoms with Crippen LogP contribution in [0, 0.1) is 20.2 Å². The lowest BCUT2D eigenvalue weighted by atomic mass is 9.95. The van der Waals surface area contributed by atoms with Crippen molar-refractivity contribution in [3.8, 4) is 17.2 Å². The number of aromatic hydroxyl groups is 3. The first-order valence-electron chi connectivity index (χ1n) is 19.3. The second-order valence-corrected chi connectivity index (χ2v) is 14.3. The van der Waals surface area contributed by atoms with Crippen LogP contribution in [0.25, 0.3) is 0 Å². The summed E-state index contributed by atoms with van der Waals surface area (Å²) in [5.74, 6) is -4.28. The third-order valence-electron chi connectivity index (χ3n) is 10.2. The van der Waals surface area contributed by atoms with E-state index in [1.165, 1.54) is 49.6 Å². The zero-order valence-corrected chi connectivity index (χ0v) is 32.4. The number of carbonyl (C=O) groups is 3. The number of para-hydroxylation sites is 3. The number of hydrogen-bond acceptors (Lipinski definition) is 15. The summed E-state index contributed by atoms with van der Waals surface area (Å²) in [7, 11) is 0. The van der Waals surface area contributed by atoms with Gasteiger partial charge in [-0.25, -0.2) is 15.6 Å². The molecule has 59 heavy (non-hydrogen) atoms. The van der Waals surface area contributed by atoms with Crippen molar-refractivity contribution in [1.29, 1.82) is 0 Å². The number of phenolic OH excluding ortho intramolecular Hbond substituents is 3. The van der Waals surface area contributed by atoms with Crippen molar-refractivity contribution in [3.05, 3.63) is 91.5 Å². The van der Waals surface area contributed by atoms with E-state index in [0.29, 0.717) is 23.9 Å². The number of nitrogens with one attached hydrogen (secondary N) is 1. The summed E-state index contributed by atoms with van der Waals surface area (Å²) < 4.78 is 0. The lowest BCUT2D eigenvalue weighted by Gasteiger charge is -2.29. The second-order valence-electron chi connectivity index (χ2n) is 14.3. The molecule has 0 spiro atoms. The Labute approximate surface area is 339 Å². The van der Waals surface area contributed by atoms with Gasteiger partial charge >= 0.3 is 17.3 Å². The number of benzene rings is 3. The van der Waals surface area contributed by atoms with E-state index in [4.69, 9.17) is 21.2 Å². The van der Waals surface area contributed by atoms with Crippen LogP contribution in [-0.4, -0.2) is 91.9 Å². The minimum atomic E-state index is -1.15. The maximum absolute atomic E-state index is 12.1. The van der Waals surface area contributed by atoms with Crippen LogP contribution in [0.4, 0.5) is 17.1 Å². The molecule has 20 heteroatoms. The molecule has 20 nitrogen and oxygen atoms in total. The first kappa shape index (κ1) is 47.3. The molecule has 3 aromatic rings. The predicted octanol–water partition coefficient (Wildman–Crippen LogP) is 6.07. The number of nitrogen functional groups attached to an aromatic ring is 1.